The first-order valence-electron chi connectivity index (χ1n) is 9.45. The quantitative estimate of drug-likeness (QED) is 0.698. The minimum absolute atomic E-state index is 0.0451. The van der Waals surface area contributed by atoms with Crippen LogP contribution in [0.1, 0.15) is 30.0 Å². The molecule has 3 aromatic rings. The van der Waals surface area contributed by atoms with Gasteiger partial charge in [-0.25, -0.2) is 14.4 Å². The molecule has 0 spiro atoms. The lowest BCUT2D eigenvalue weighted by atomic mass is 9.94. The van der Waals surface area contributed by atoms with Crippen molar-refractivity contribution in [1.82, 2.24) is 19.9 Å². The fourth-order valence-electron chi connectivity index (χ4n) is 3.60. The summed E-state index contributed by atoms with van der Waals surface area (Å²) in [5, 5.41) is 0. The van der Waals surface area contributed by atoms with Gasteiger partial charge in [0.2, 0.25) is 5.91 Å². The van der Waals surface area contributed by atoms with Gasteiger partial charge in [-0.05, 0) is 42.7 Å². The molecule has 142 valence electrons. The van der Waals surface area contributed by atoms with Crippen molar-refractivity contribution >= 4 is 5.91 Å². The van der Waals surface area contributed by atoms with Crippen LogP contribution in [0.2, 0.25) is 0 Å². The molecule has 0 saturated carbocycles. The minimum atomic E-state index is -0.332. The topological polar surface area (TPSA) is 59.0 Å². The van der Waals surface area contributed by atoms with Crippen molar-refractivity contribution in [1.29, 1.82) is 0 Å². The fourth-order valence-corrected chi connectivity index (χ4v) is 3.60. The third kappa shape index (κ3) is 4.06. The number of halogens is 1. The second-order valence-corrected chi connectivity index (χ2v) is 6.99. The first-order chi connectivity index (χ1) is 13.7. The molecule has 0 N–H and O–H groups in total. The first-order valence-corrected chi connectivity index (χ1v) is 9.45. The Hall–Kier alpha value is -3.15. The number of rotatable bonds is 4. The van der Waals surface area contributed by atoms with Gasteiger partial charge in [-0.1, -0.05) is 18.2 Å². The molecule has 1 atom stereocenters. The summed E-state index contributed by atoms with van der Waals surface area (Å²) in [7, 11) is 0. The van der Waals surface area contributed by atoms with Gasteiger partial charge in [-0.15, -0.1) is 0 Å². The smallest absolute Gasteiger partial charge is 0.227 e. The highest BCUT2D eigenvalue weighted by molar-refractivity contribution is 5.79. The minimum Gasteiger partial charge on any atom is -0.342 e. The van der Waals surface area contributed by atoms with Crippen molar-refractivity contribution in [3.05, 3.63) is 78.1 Å². The Morgan fingerprint density at radius 3 is 2.86 bits per heavy atom. The Labute approximate surface area is 163 Å². The molecule has 5 nitrogen and oxygen atoms in total. The highest BCUT2D eigenvalue weighted by Gasteiger charge is 2.26. The molecule has 3 heterocycles. The number of amides is 1. The number of likely N-dealkylation sites (tertiary alicyclic amines) is 1. The van der Waals surface area contributed by atoms with Crippen LogP contribution in [0.5, 0.6) is 0 Å². The molecular weight excluding hydrogens is 355 g/mol. The van der Waals surface area contributed by atoms with Gasteiger partial charge in [0.1, 0.15) is 5.82 Å². The Balaban J connectivity index is 1.48. The standard InChI is InChI=1S/C22H21FN4O/c23-19-8-2-1-5-16(19)13-21(28)27-12-4-7-18(15-27)20-9-11-25-22(26-20)17-6-3-10-24-14-17/h1-3,5-6,8-11,14,18H,4,7,12-13,15H2. The van der Waals surface area contributed by atoms with E-state index in [1.54, 1.807) is 36.8 Å². The summed E-state index contributed by atoms with van der Waals surface area (Å²) in [5.74, 6) is 0.412. The van der Waals surface area contributed by atoms with Crippen molar-refractivity contribution in [2.24, 2.45) is 0 Å². The third-order valence-electron chi connectivity index (χ3n) is 5.09. The lowest BCUT2D eigenvalue weighted by molar-refractivity contribution is -0.131. The number of hydrogen-bond acceptors (Lipinski definition) is 4. The second-order valence-electron chi connectivity index (χ2n) is 6.99. The van der Waals surface area contributed by atoms with Crippen molar-refractivity contribution in [2.45, 2.75) is 25.2 Å². The molecule has 1 aliphatic heterocycles. The number of pyridine rings is 1. The van der Waals surface area contributed by atoms with Gasteiger partial charge in [0.05, 0.1) is 6.42 Å². The van der Waals surface area contributed by atoms with E-state index in [1.807, 2.05) is 23.1 Å². The molecule has 6 heteroatoms. The molecule has 2 aromatic heterocycles. The molecule has 1 unspecified atom stereocenters. The maximum absolute atomic E-state index is 13.9. The predicted octanol–water partition coefficient (Wildman–Crippen LogP) is 3.63. The Morgan fingerprint density at radius 1 is 1.14 bits per heavy atom. The van der Waals surface area contributed by atoms with E-state index in [4.69, 9.17) is 4.98 Å². The van der Waals surface area contributed by atoms with Crippen LogP contribution in [-0.2, 0) is 11.2 Å². The zero-order valence-electron chi connectivity index (χ0n) is 15.5. The van der Waals surface area contributed by atoms with E-state index >= 15 is 0 Å². The van der Waals surface area contributed by atoms with Crippen LogP contribution in [0.15, 0.2) is 61.1 Å². The third-order valence-corrected chi connectivity index (χ3v) is 5.09. The summed E-state index contributed by atoms with van der Waals surface area (Å²) in [5.41, 5.74) is 2.24. The monoisotopic (exact) mass is 376 g/mol. The van der Waals surface area contributed by atoms with Crippen LogP contribution in [-0.4, -0.2) is 38.8 Å². The summed E-state index contributed by atoms with van der Waals surface area (Å²) in [6, 6.07) is 12.1. The molecule has 1 aliphatic rings. The van der Waals surface area contributed by atoms with Gasteiger partial charge in [-0.2, -0.15) is 0 Å². The molecule has 1 fully saturated rings. The van der Waals surface area contributed by atoms with Crippen molar-refractivity contribution < 1.29 is 9.18 Å². The average molecular weight is 376 g/mol. The Morgan fingerprint density at radius 2 is 2.04 bits per heavy atom. The highest BCUT2D eigenvalue weighted by Crippen LogP contribution is 2.27. The maximum Gasteiger partial charge on any atom is 0.227 e. The van der Waals surface area contributed by atoms with E-state index < -0.39 is 0 Å². The van der Waals surface area contributed by atoms with Crippen LogP contribution >= 0.6 is 0 Å². The predicted molar refractivity (Wildman–Crippen MR) is 104 cm³/mol. The largest absolute Gasteiger partial charge is 0.342 e. The van der Waals surface area contributed by atoms with Crippen LogP contribution < -0.4 is 0 Å². The summed E-state index contributed by atoms with van der Waals surface area (Å²) < 4.78 is 13.9. The number of carbonyl (C=O) groups is 1. The molecule has 1 aromatic carbocycles. The van der Waals surface area contributed by atoms with E-state index in [-0.39, 0.29) is 24.1 Å². The number of aromatic nitrogens is 3. The van der Waals surface area contributed by atoms with Gasteiger partial charge >= 0.3 is 0 Å². The molecule has 4 rings (SSSR count). The fraction of sp³-hybridized carbons (Fsp3) is 0.273. The number of nitrogens with zero attached hydrogens (tertiary/aromatic N) is 4. The lowest BCUT2D eigenvalue weighted by Crippen LogP contribution is -2.40. The van der Waals surface area contributed by atoms with Gasteiger partial charge in [0.25, 0.3) is 0 Å². The van der Waals surface area contributed by atoms with E-state index in [9.17, 15) is 9.18 Å². The van der Waals surface area contributed by atoms with E-state index in [1.165, 1.54) is 6.07 Å². The SMILES string of the molecule is O=C(Cc1ccccc1F)N1CCCC(c2ccnc(-c3cccnc3)n2)C1. The number of carbonyl (C=O) groups excluding carboxylic acids is 1. The molecule has 1 amide bonds. The highest BCUT2D eigenvalue weighted by atomic mass is 19.1. The van der Waals surface area contributed by atoms with Crippen molar-refractivity contribution in [3.63, 3.8) is 0 Å². The molecule has 0 aliphatic carbocycles. The van der Waals surface area contributed by atoms with Crippen molar-refractivity contribution in [3.8, 4) is 11.4 Å². The van der Waals surface area contributed by atoms with E-state index in [0.29, 0.717) is 24.5 Å². The van der Waals surface area contributed by atoms with E-state index in [0.717, 1.165) is 24.1 Å². The maximum atomic E-state index is 13.9. The van der Waals surface area contributed by atoms with Crippen LogP contribution in [0, 0.1) is 5.82 Å². The van der Waals surface area contributed by atoms with Gasteiger partial charge < -0.3 is 4.90 Å². The Bertz CT molecular complexity index is 964. The Kier molecular flexibility index (Phi) is 5.37. The number of benzene rings is 1. The van der Waals surface area contributed by atoms with Gasteiger partial charge in [0, 0.05) is 48.9 Å². The lowest BCUT2D eigenvalue weighted by Gasteiger charge is -2.32. The van der Waals surface area contributed by atoms with Crippen molar-refractivity contribution in [2.75, 3.05) is 13.1 Å². The summed E-state index contributed by atoms with van der Waals surface area (Å²) in [6.45, 7) is 1.29. The molecule has 1 saturated heterocycles. The number of hydrogen-bond donors (Lipinski definition) is 0. The van der Waals surface area contributed by atoms with Gasteiger partial charge in [-0.3, -0.25) is 9.78 Å². The van der Waals surface area contributed by atoms with Gasteiger partial charge in [0.15, 0.2) is 5.82 Å². The zero-order valence-corrected chi connectivity index (χ0v) is 15.5. The molecule has 0 bridgehead atoms. The summed E-state index contributed by atoms with van der Waals surface area (Å²) in [6.07, 6.45) is 7.17. The normalized spacial score (nSPS) is 16.8. The van der Waals surface area contributed by atoms with Crippen LogP contribution in [0.3, 0.4) is 0 Å². The average Bonchev–Trinajstić information content (AvgIpc) is 2.76. The van der Waals surface area contributed by atoms with Crippen LogP contribution in [0.25, 0.3) is 11.4 Å². The molecule has 0 radical (unpaired) electrons. The van der Waals surface area contributed by atoms with E-state index in [2.05, 4.69) is 9.97 Å². The molecule has 28 heavy (non-hydrogen) atoms. The zero-order chi connectivity index (χ0) is 19.3. The number of piperidine rings is 1. The van der Waals surface area contributed by atoms with Crippen LogP contribution in [0.4, 0.5) is 4.39 Å². The summed E-state index contributed by atoms with van der Waals surface area (Å²) >= 11 is 0. The second kappa shape index (κ2) is 8.25. The summed E-state index contributed by atoms with van der Waals surface area (Å²) in [4.78, 5) is 27.7. The first kappa shape index (κ1) is 18.2. The molecular formula is C22H21FN4O.